The van der Waals surface area contributed by atoms with Gasteiger partial charge in [0, 0.05) is 30.7 Å². The van der Waals surface area contributed by atoms with Gasteiger partial charge in [-0.05, 0) is 48.7 Å². The van der Waals surface area contributed by atoms with Crippen LogP contribution < -0.4 is 0 Å². The fraction of sp³-hybridized carbons (Fsp3) is 0.381. The number of hydrogen-bond donors (Lipinski definition) is 1. The molecule has 2 aromatic carbocycles. The number of benzene rings is 2. The van der Waals surface area contributed by atoms with Crippen molar-refractivity contribution in [3.63, 3.8) is 0 Å². The van der Waals surface area contributed by atoms with E-state index >= 15 is 0 Å². The number of alkyl halides is 6. The minimum atomic E-state index is -5.05. The molecule has 1 atom stereocenters. The van der Waals surface area contributed by atoms with Gasteiger partial charge in [-0.15, -0.1) is 0 Å². The molecule has 1 aliphatic rings. The maximum atomic E-state index is 13.1. The van der Waals surface area contributed by atoms with Crippen molar-refractivity contribution in [3.05, 3.63) is 68.7 Å². The summed E-state index contributed by atoms with van der Waals surface area (Å²) >= 11 is 12.0. The van der Waals surface area contributed by atoms with Crippen molar-refractivity contribution in [2.45, 2.75) is 30.6 Å². The quantitative estimate of drug-likeness (QED) is 0.509. The molecule has 0 aliphatic carbocycles. The lowest BCUT2D eigenvalue weighted by Crippen LogP contribution is -2.35. The number of rotatable bonds is 4. The van der Waals surface area contributed by atoms with Crippen molar-refractivity contribution in [3.8, 4) is 0 Å². The van der Waals surface area contributed by atoms with E-state index < -0.39 is 40.4 Å². The molecule has 11 heteroatoms. The number of carbonyl (C=O) groups excluding carboxylic acids is 1. The molecule has 1 N–H and O–H groups in total. The average molecular weight is 500 g/mol. The van der Waals surface area contributed by atoms with Crippen LogP contribution >= 0.6 is 23.2 Å². The van der Waals surface area contributed by atoms with Crippen LogP contribution in [0.5, 0.6) is 0 Å². The van der Waals surface area contributed by atoms with Gasteiger partial charge in [-0.25, -0.2) is 0 Å². The van der Waals surface area contributed by atoms with Gasteiger partial charge in [0.05, 0.1) is 21.2 Å². The third-order valence-electron chi connectivity index (χ3n) is 5.60. The van der Waals surface area contributed by atoms with Gasteiger partial charge in [-0.3, -0.25) is 4.79 Å². The van der Waals surface area contributed by atoms with Crippen LogP contribution in [0, 0.1) is 0 Å². The average Bonchev–Trinajstić information content (AvgIpc) is 3.13. The predicted molar refractivity (Wildman–Crippen MR) is 107 cm³/mol. The van der Waals surface area contributed by atoms with E-state index in [0.717, 1.165) is 0 Å². The van der Waals surface area contributed by atoms with Crippen molar-refractivity contribution in [2.75, 3.05) is 19.7 Å². The summed E-state index contributed by atoms with van der Waals surface area (Å²) in [4.78, 5) is 14.1. The smallest absolute Gasteiger partial charge is 0.396 e. The fourth-order valence-electron chi connectivity index (χ4n) is 3.93. The van der Waals surface area contributed by atoms with Crippen LogP contribution in [0.2, 0.25) is 10.0 Å². The monoisotopic (exact) mass is 499 g/mol. The Morgan fingerprint density at radius 1 is 0.969 bits per heavy atom. The molecule has 1 fully saturated rings. The summed E-state index contributed by atoms with van der Waals surface area (Å²) in [5.74, 6) is -0.957. The van der Waals surface area contributed by atoms with Crippen LogP contribution in [0.15, 0.2) is 36.4 Å². The predicted octanol–water partition coefficient (Wildman–Crippen LogP) is 6.20. The molecule has 1 saturated heterocycles. The Morgan fingerprint density at radius 2 is 1.56 bits per heavy atom. The lowest BCUT2D eigenvalue weighted by molar-refractivity contribution is -0.143. The summed E-state index contributed by atoms with van der Waals surface area (Å²) in [6.45, 7) is -0.178. The second-order valence-electron chi connectivity index (χ2n) is 7.65. The van der Waals surface area contributed by atoms with E-state index in [4.69, 9.17) is 23.2 Å². The summed E-state index contributed by atoms with van der Waals surface area (Å²) in [5.41, 5.74) is -3.92. The Bertz CT molecular complexity index is 992. The zero-order chi connectivity index (χ0) is 23.9. The molecule has 0 spiro atoms. The molecule has 3 rings (SSSR count). The van der Waals surface area contributed by atoms with Gasteiger partial charge in [-0.1, -0.05) is 29.3 Å². The molecule has 32 heavy (non-hydrogen) atoms. The number of likely N-dealkylation sites (tertiary alicyclic amines) is 1. The fourth-order valence-corrected chi connectivity index (χ4v) is 4.23. The Morgan fingerprint density at radius 3 is 2.06 bits per heavy atom. The van der Waals surface area contributed by atoms with E-state index in [0.29, 0.717) is 29.1 Å². The highest BCUT2D eigenvalue weighted by Crippen LogP contribution is 2.41. The van der Waals surface area contributed by atoms with E-state index in [2.05, 4.69) is 0 Å². The number of aliphatic hydroxyl groups is 1. The second-order valence-corrected chi connectivity index (χ2v) is 8.47. The summed E-state index contributed by atoms with van der Waals surface area (Å²) in [7, 11) is 0. The topological polar surface area (TPSA) is 40.5 Å². The Balaban J connectivity index is 1.97. The van der Waals surface area contributed by atoms with Crippen molar-refractivity contribution in [1.82, 2.24) is 4.90 Å². The molecule has 1 unspecified atom stereocenters. The van der Waals surface area contributed by atoms with Gasteiger partial charge in [0.25, 0.3) is 5.91 Å². The number of hydrogen-bond acceptors (Lipinski definition) is 2. The number of halogens is 8. The largest absolute Gasteiger partial charge is 0.416 e. The van der Waals surface area contributed by atoms with Crippen molar-refractivity contribution < 1.29 is 36.2 Å². The first-order chi connectivity index (χ1) is 14.8. The molecule has 3 nitrogen and oxygen atoms in total. The molecule has 1 amide bonds. The molecule has 2 aromatic rings. The van der Waals surface area contributed by atoms with Crippen LogP contribution in [0.3, 0.4) is 0 Å². The van der Waals surface area contributed by atoms with Crippen molar-refractivity contribution in [2.24, 2.45) is 0 Å². The zero-order valence-electron chi connectivity index (χ0n) is 16.3. The van der Waals surface area contributed by atoms with E-state index in [1.54, 1.807) is 18.2 Å². The SMILES string of the molecule is O=C(c1cc(C(F)(F)F)cc(C(F)(F)F)c1)N1CCC(CCO)(c2ccc(Cl)c(Cl)c2)C1. The number of nitrogens with zero attached hydrogens (tertiary/aromatic N) is 1. The van der Waals surface area contributed by atoms with E-state index in [9.17, 15) is 36.2 Å². The minimum absolute atomic E-state index is 0.0120. The Labute approximate surface area is 189 Å². The molecule has 0 aromatic heterocycles. The van der Waals surface area contributed by atoms with Crippen LogP contribution in [-0.2, 0) is 17.8 Å². The number of aliphatic hydroxyl groups excluding tert-OH is 1. The Hall–Kier alpha value is -1.97. The second kappa shape index (κ2) is 8.76. The summed E-state index contributed by atoms with van der Waals surface area (Å²) in [5, 5.41) is 10.1. The van der Waals surface area contributed by atoms with Gasteiger partial charge in [-0.2, -0.15) is 26.3 Å². The van der Waals surface area contributed by atoms with Crippen LogP contribution in [0.1, 0.15) is 39.9 Å². The summed E-state index contributed by atoms with van der Waals surface area (Å²) < 4.78 is 78.9. The number of carbonyl (C=O) groups is 1. The summed E-state index contributed by atoms with van der Waals surface area (Å²) in [6, 6.07) is 5.62. The van der Waals surface area contributed by atoms with Gasteiger partial charge in [0.1, 0.15) is 0 Å². The van der Waals surface area contributed by atoms with Gasteiger partial charge in [0.15, 0.2) is 0 Å². The molecule has 174 valence electrons. The maximum absolute atomic E-state index is 13.1. The molecule has 1 heterocycles. The third kappa shape index (κ3) is 5.00. The molecular weight excluding hydrogens is 483 g/mol. The zero-order valence-corrected chi connectivity index (χ0v) is 17.8. The standard InChI is InChI=1S/C21H17Cl2F6NO2/c22-16-2-1-13(10-17(16)23)19(4-6-31)3-5-30(11-19)18(32)12-7-14(20(24,25)26)9-15(8-12)21(27,28)29/h1-2,7-10,31H,3-6,11H2. The normalized spacial score (nSPS) is 19.5. The summed E-state index contributed by atoms with van der Waals surface area (Å²) in [6.07, 6.45) is -9.56. The molecule has 0 bridgehead atoms. The Kier molecular flexibility index (Phi) is 6.75. The maximum Gasteiger partial charge on any atom is 0.416 e. The third-order valence-corrected chi connectivity index (χ3v) is 6.34. The molecule has 0 radical (unpaired) electrons. The van der Waals surface area contributed by atoms with Gasteiger partial charge < -0.3 is 10.0 Å². The van der Waals surface area contributed by atoms with E-state index in [1.807, 2.05) is 0 Å². The molecule has 1 aliphatic heterocycles. The molecule has 0 saturated carbocycles. The lowest BCUT2D eigenvalue weighted by Gasteiger charge is -2.30. The van der Waals surface area contributed by atoms with Gasteiger partial charge >= 0.3 is 12.4 Å². The van der Waals surface area contributed by atoms with E-state index in [1.165, 1.54) is 4.90 Å². The van der Waals surface area contributed by atoms with E-state index in [-0.39, 0.29) is 37.2 Å². The first kappa shape index (κ1) is 24.7. The number of amides is 1. The highest BCUT2D eigenvalue weighted by atomic mass is 35.5. The van der Waals surface area contributed by atoms with Crippen LogP contribution in [0.25, 0.3) is 0 Å². The first-order valence-corrected chi connectivity index (χ1v) is 10.2. The highest BCUT2D eigenvalue weighted by molar-refractivity contribution is 6.42. The van der Waals surface area contributed by atoms with Crippen LogP contribution in [0.4, 0.5) is 26.3 Å². The van der Waals surface area contributed by atoms with Crippen LogP contribution in [-0.4, -0.2) is 35.6 Å². The van der Waals surface area contributed by atoms with Gasteiger partial charge in [0.2, 0.25) is 0 Å². The molecular formula is C21H17Cl2F6NO2. The first-order valence-electron chi connectivity index (χ1n) is 9.42. The van der Waals surface area contributed by atoms with Crippen molar-refractivity contribution >= 4 is 29.1 Å². The van der Waals surface area contributed by atoms with Crippen molar-refractivity contribution in [1.29, 1.82) is 0 Å². The highest BCUT2D eigenvalue weighted by Gasteiger charge is 2.43. The minimum Gasteiger partial charge on any atom is -0.396 e. The lowest BCUT2D eigenvalue weighted by atomic mass is 9.77.